The van der Waals surface area contributed by atoms with E-state index in [1.165, 1.54) is 6.42 Å². The van der Waals surface area contributed by atoms with Crippen LogP contribution in [0.25, 0.3) is 0 Å². The van der Waals surface area contributed by atoms with Crippen LogP contribution in [-0.4, -0.2) is 24.5 Å². The van der Waals surface area contributed by atoms with Gasteiger partial charge < -0.3 is 0 Å². The van der Waals surface area contributed by atoms with Crippen LogP contribution in [0.4, 0.5) is 0 Å². The molecule has 0 fully saturated rings. The van der Waals surface area contributed by atoms with Crippen molar-refractivity contribution >= 4 is 0 Å². The number of hydrogen-bond acceptors (Lipinski definition) is 2. The van der Waals surface area contributed by atoms with E-state index in [1.54, 1.807) is 0 Å². The van der Waals surface area contributed by atoms with Crippen molar-refractivity contribution < 1.29 is 0 Å². The van der Waals surface area contributed by atoms with Crippen LogP contribution in [0.15, 0.2) is 0 Å². The first-order valence-electron chi connectivity index (χ1n) is 4.21. The topological polar surface area (TPSA) is 27.0 Å². The average molecular weight is 154 g/mol. The predicted molar refractivity (Wildman–Crippen MR) is 47.2 cm³/mol. The summed E-state index contributed by atoms with van der Waals surface area (Å²) in [4.78, 5) is 2.09. The van der Waals surface area contributed by atoms with Gasteiger partial charge in [-0.2, -0.15) is 5.26 Å². The molecule has 2 unspecified atom stereocenters. The third-order valence-corrected chi connectivity index (χ3v) is 2.14. The van der Waals surface area contributed by atoms with Crippen LogP contribution in [0.2, 0.25) is 0 Å². The molecule has 0 aliphatic carbocycles. The number of rotatable bonds is 4. The fraction of sp³-hybridized carbons (Fsp3) is 0.889. The van der Waals surface area contributed by atoms with Crippen molar-refractivity contribution in [1.82, 2.24) is 4.90 Å². The van der Waals surface area contributed by atoms with Crippen molar-refractivity contribution in [1.29, 1.82) is 5.26 Å². The molecule has 2 nitrogen and oxygen atoms in total. The van der Waals surface area contributed by atoms with Gasteiger partial charge in [-0.15, -0.1) is 0 Å². The molecular weight excluding hydrogens is 136 g/mol. The third kappa shape index (κ3) is 4.00. The second-order valence-corrected chi connectivity index (χ2v) is 3.26. The predicted octanol–water partition coefficient (Wildman–Crippen LogP) is 1.88. The highest BCUT2D eigenvalue weighted by atomic mass is 15.1. The normalized spacial score (nSPS) is 16.0. The third-order valence-electron chi connectivity index (χ3n) is 2.14. The Morgan fingerprint density at radius 3 is 2.36 bits per heavy atom. The molecule has 0 aromatic heterocycles. The molecule has 2 atom stereocenters. The second kappa shape index (κ2) is 5.15. The van der Waals surface area contributed by atoms with Gasteiger partial charge in [0.05, 0.1) is 12.1 Å². The van der Waals surface area contributed by atoms with E-state index in [9.17, 15) is 0 Å². The molecule has 0 aromatic carbocycles. The zero-order valence-electron chi connectivity index (χ0n) is 7.96. The van der Waals surface area contributed by atoms with Gasteiger partial charge in [-0.05, 0) is 19.9 Å². The van der Waals surface area contributed by atoms with Crippen LogP contribution in [-0.2, 0) is 0 Å². The summed E-state index contributed by atoms with van der Waals surface area (Å²) in [5, 5.41) is 8.60. The lowest BCUT2D eigenvalue weighted by Gasteiger charge is -2.22. The number of nitrogens with zero attached hydrogens (tertiary/aromatic N) is 2. The SMILES string of the molecule is CCC(C)CN(C)C(C)C#N. The lowest BCUT2D eigenvalue weighted by Crippen LogP contribution is -2.31. The Labute approximate surface area is 69.8 Å². The largest absolute Gasteiger partial charge is 0.291 e. The van der Waals surface area contributed by atoms with E-state index in [0.29, 0.717) is 5.92 Å². The van der Waals surface area contributed by atoms with Crippen LogP contribution in [0, 0.1) is 17.2 Å². The quantitative estimate of drug-likeness (QED) is 0.618. The average Bonchev–Trinajstić information content (AvgIpc) is 2.02. The molecule has 2 heteroatoms. The Bertz CT molecular complexity index is 137. The molecule has 0 heterocycles. The second-order valence-electron chi connectivity index (χ2n) is 3.26. The standard InChI is InChI=1S/C9H18N2/c1-5-8(2)7-11(4)9(3)6-10/h8-9H,5,7H2,1-4H3. The molecule has 0 saturated heterocycles. The van der Waals surface area contributed by atoms with Crippen LogP contribution in [0.3, 0.4) is 0 Å². The van der Waals surface area contributed by atoms with Gasteiger partial charge >= 0.3 is 0 Å². The van der Waals surface area contributed by atoms with Crippen molar-refractivity contribution in [3.8, 4) is 6.07 Å². The van der Waals surface area contributed by atoms with Crippen molar-refractivity contribution in [2.75, 3.05) is 13.6 Å². The molecular formula is C9H18N2. The molecule has 0 N–H and O–H groups in total. The van der Waals surface area contributed by atoms with E-state index in [4.69, 9.17) is 5.26 Å². The fourth-order valence-corrected chi connectivity index (χ4v) is 0.877. The van der Waals surface area contributed by atoms with E-state index in [1.807, 2.05) is 14.0 Å². The summed E-state index contributed by atoms with van der Waals surface area (Å²) in [7, 11) is 2.00. The van der Waals surface area contributed by atoms with Crippen molar-refractivity contribution in [2.24, 2.45) is 5.92 Å². The molecule has 0 amide bonds. The van der Waals surface area contributed by atoms with Gasteiger partial charge in [0.2, 0.25) is 0 Å². The smallest absolute Gasteiger partial charge is 0.0946 e. The van der Waals surface area contributed by atoms with Crippen LogP contribution in [0.5, 0.6) is 0 Å². The highest BCUT2D eigenvalue weighted by Gasteiger charge is 2.09. The van der Waals surface area contributed by atoms with Crippen molar-refractivity contribution in [2.45, 2.75) is 33.2 Å². The molecule has 0 aromatic rings. The number of hydrogen-bond donors (Lipinski definition) is 0. The summed E-state index contributed by atoms with van der Waals surface area (Å²) in [6, 6.07) is 2.27. The molecule has 0 aliphatic heterocycles. The fourth-order valence-electron chi connectivity index (χ4n) is 0.877. The minimum atomic E-state index is 0.0454. The van der Waals surface area contributed by atoms with Gasteiger partial charge in [0.1, 0.15) is 0 Å². The first kappa shape index (κ1) is 10.4. The van der Waals surface area contributed by atoms with Gasteiger partial charge in [0.15, 0.2) is 0 Å². The first-order chi connectivity index (χ1) is 5.11. The zero-order valence-corrected chi connectivity index (χ0v) is 7.96. The summed E-state index contributed by atoms with van der Waals surface area (Å²) in [6.07, 6.45) is 1.18. The summed E-state index contributed by atoms with van der Waals surface area (Å²) >= 11 is 0. The van der Waals surface area contributed by atoms with E-state index >= 15 is 0 Å². The Balaban J connectivity index is 3.69. The summed E-state index contributed by atoms with van der Waals surface area (Å²) in [5.74, 6) is 0.691. The summed E-state index contributed by atoms with van der Waals surface area (Å²) in [5.41, 5.74) is 0. The van der Waals surface area contributed by atoms with E-state index < -0.39 is 0 Å². The number of nitriles is 1. The zero-order chi connectivity index (χ0) is 8.85. The van der Waals surface area contributed by atoms with Crippen molar-refractivity contribution in [3.05, 3.63) is 0 Å². The van der Waals surface area contributed by atoms with E-state index in [0.717, 1.165) is 6.54 Å². The molecule has 11 heavy (non-hydrogen) atoms. The van der Waals surface area contributed by atoms with Gasteiger partial charge in [-0.3, -0.25) is 4.90 Å². The first-order valence-corrected chi connectivity index (χ1v) is 4.21. The molecule has 0 aliphatic rings. The molecule has 0 radical (unpaired) electrons. The van der Waals surface area contributed by atoms with Crippen molar-refractivity contribution in [3.63, 3.8) is 0 Å². The van der Waals surface area contributed by atoms with Gasteiger partial charge in [-0.1, -0.05) is 20.3 Å². The lowest BCUT2D eigenvalue weighted by molar-refractivity contribution is 0.257. The van der Waals surface area contributed by atoms with Crippen LogP contribution in [0.1, 0.15) is 27.2 Å². The minimum absolute atomic E-state index is 0.0454. The van der Waals surface area contributed by atoms with Gasteiger partial charge in [0, 0.05) is 6.54 Å². The van der Waals surface area contributed by atoms with Gasteiger partial charge in [0.25, 0.3) is 0 Å². The highest BCUT2D eigenvalue weighted by Crippen LogP contribution is 2.04. The molecule has 0 spiro atoms. The Morgan fingerprint density at radius 1 is 1.45 bits per heavy atom. The lowest BCUT2D eigenvalue weighted by atomic mass is 10.1. The van der Waals surface area contributed by atoms with Crippen LogP contribution >= 0.6 is 0 Å². The Morgan fingerprint density at radius 2 is 2.00 bits per heavy atom. The summed E-state index contributed by atoms with van der Waals surface area (Å²) in [6.45, 7) is 7.34. The van der Waals surface area contributed by atoms with E-state index in [2.05, 4.69) is 24.8 Å². The highest BCUT2D eigenvalue weighted by molar-refractivity contribution is 4.86. The maximum atomic E-state index is 8.60. The molecule has 0 saturated carbocycles. The maximum absolute atomic E-state index is 8.60. The summed E-state index contributed by atoms with van der Waals surface area (Å²) < 4.78 is 0. The monoisotopic (exact) mass is 154 g/mol. The molecule has 64 valence electrons. The minimum Gasteiger partial charge on any atom is -0.291 e. The van der Waals surface area contributed by atoms with E-state index in [-0.39, 0.29) is 6.04 Å². The Hall–Kier alpha value is -0.550. The van der Waals surface area contributed by atoms with Gasteiger partial charge in [-0.25, -0.2) is 0 Å². The maximum Gasteiger partial charge on any atom is 0.0946 e. The molecule has 0 rings (SSSR count). The Kier molecular flexibility index (Phi) is 4.89. The molecule has 0 bridgehead atoms. The van der Waals surface area contributed by atoms with Crippen LogP contribution < -0.4 is 0 Å².